The number of nitrogens with one attached hydrogen (secondary N) is 1. The highest BCUT2D eigenvalue weighted by molar-refractivity contribution is 7.13. The van der Waals surface area contributed by atoms with Gasteiger partial charge >= 0.3 is 0 Å². The molecule has 0 aromatic carbocycles. The Morgan fingerprint density at radius 1 is 1.56 bits per heavy atom. The van der Waals surface area contributed by atoms with Crippen molar-refractivity contribution >= 4 is 17.1 Å². The van der Waals surface area contributed by atoms with Crippen LogP contribution in [0.15, 0.2) is 22.8 Å². The minimum atomic E-state index is 0.0970. The number of Topliss-reactive ketones (excluding diaryl/α,β-unsaturated/α-hetero) is 1. The molecule has 0 amide bonds. The second-order valence-electron chi connectivity index (χ2n) is 4.08. The molecule has 0 aliphatic heterocycles. The third-order valence-electron chi connectivity index (χ3n) is 2.56. The molecule has 0 aliphatic rings. The number of ketones is 1. The maximum Gasteiger partial charge on any atom is 0.171 e. The highest BCUT2D eigenvalue weighted by Gasteiger charge is 2.10. The van der Waals surface area contributed by atoms with Crippen LogP contribution >= 0.6 is 11.3 Å². The van der Waals surface area contributed by atoms with Crippen LogP contribution in [0.25, 0.3) is 0 Å². The molecule has 2 heterocycles. The quantitative estimate of drug-likeness (QED) is 0.643. The molecule has 0 saturated heterocycles. The standard InChI is InChI=1S/C13H16N2O2S/c1-9-13(10(2)16)18-12(15-9)5-6-14-8-11-4-3-7-17-11/h3-4,7,14H,5-6,8H2,1-2H3. The monoisotopic (exact) mass is 264 g/mol. The number of hydrogen-bond acceptors (Lipinski definition) is 5. The summed E-state index contributed by atoms with van der Waals surface area (Å²) in [6.07, 6.45) is 2.50. The Hall–Kier alpha value is -1.46. The number of carbonyl (C=O) groups excluding carboxylic acids is 1. The SMILES string of the molecule is CC(=O)c1sc(CCNCc2ccco2)nc1C. The first-order valence-electron chi connectivity index (χ1n) is 5.87. The van der Waals surface area contributed by atoms with Crippen molar-refractivity contribution in [2.75, 3.05) is 6.54 Å². The van der Waals surface area contributed by atoms with E-state index in [1.54, 1.807) is 13.2 Å². The van der Waals surface area contributed by atoms with E-state index in [1.165, 1.54) is 11.3 Å². The fourth-order valence-electron chi connectivity index (χ4n) is 1.71. The number of carbonyl (C=O) groups is 1. The van der Waals surface area contributed by atoms with Gasteiger partial charge in [-0.05, 0) is 19.1 Å². The number of aromatic nitrogens is 1. The Morgan fingerprint density at radius 3 is 3.00 bits per heavy atom. The first-order valence-corrected chi connectivity index (χ1v) is 6.69. The number of furan rings is 1. The molecule has 18 heavy (non-hydrogen) atoms. The van der Waals surface area contributed by atoms with Crippen molar-refractivity contribution < 1.29 is 9.21 Å². The third-order valence-corrected chi connectivity index (χ3v) is 3.87. The molecule has 0 unspecified atom stereocenters. The molecular weight excluding hydrogens is 248 g/mol. The highest BCUT2D eigenvalue weighted by Crippen LogP contribution is 2.18. The molecule has 96 valence electrons. The summed E-state index contributed by atoms with van der Waals surface area (Å²) >= 11 is 1.49. The van der Waals surface area contributed by atoms with Crippen molar-refractivity contribution in [3.8, 4) is 0 Å². The lowest BCUT2D eigenvalue weighted by molar-refractivity contribution is 0.102. The molecule has 0 saturated carbocycles. The highest BCUT2D eigenvalue weighted by atomic mass is 32.1. The van der Waals surface area contributed by atoms with Gasteiger partial charge in [-0.25, -0.2) is 4.98 Å². The van der Waals surface area contributed by atoms with Crippen molar-refractivity contribution in [2.24, 2.45) is 0 Å². The maximum atomic E-state index is 11.3. The molecule has 4 nitrogen and oxygen atoms in total. The summed E-state index contributed by atoms with van der Waals surface area (Å²) in [6, 6.07) is 3.81. The van der Waals surface area contributed by atoms with Crippen molar-refractivity contribution in [3.63, 3.8) is 0 Å². The summed E-state index contributed by atoms with van der Waals surface area (Å²) < 4.78 is 5.22. The summed E-state index contributed by atoms with van der Waals surface area (Å²) in [6.45, 7) is 5.01. The van der Waals surface area contributed by atoms with Gasteiger partial charge in [0, 0.05) is 19.9 Å². The largest absolute Gasteiger partial charge is 0.468 e. The van der Waals surface area contributed by atoms with Gasteiger partial charge in [-0.2, -0.15) is 0 Å². The topological polar surface area (TPSA) is 55.1 Å². The summed E-state index contributed by atoms with van der Waals surface area (Å²) in [5, 5.41) is 4.29. The van der Waals surface area contributed by atoms with E-state index in [1.807, 2.05) is 19.1 Å². The second kappa shape index (κ2) is 5.93. The van der Waals surface area contributed by atoms with Crippen molar-refractivity contribution in [3.05, 3.63) is 39.7 Å². The van der Waals surface area contributed by atoms with Gasteiger partial charge < -0.3 is 9.73 Å². The number of thiazole rings is 1. The van der Waals surface area contributed by atoms with E-state index >= 15 is 0 Å². The van der Waals surface area contributed by atoms with E-state index in [4.69, 9.17) is 4.42 Å². The number of hydrogen-bond donors (Lipinski definition) is 1. The molecule has 1 N–H and O–H groups in total. The van der Waals surface area contributed by atoms with E-state index in [0.29, 0.717) is 0 Å². The van der Waals surface area contributed by atoms with Crippen LogP contribution in [0.5, 0.6) is 0 Å². The summed E-state index contributed by atoms with van der Waals surface area (Å²) in [4.78, 5) is 16.5. The van der Waals surface area contributed by atoms with E-state index in [0.717, 1.165) is 40.8 Å². The minimum Gasteiger partial charge on any atom is -0.468 e. The summed E-state index contributed by atoms with van der Waals surface area (Å²) in [5.41, 5.74) is 0.841. The van der Waals surface area contributed by atoms with Crippen LogP contribution < -0.4 is 5.32 Å². The van der Waals surface area contributed by atoms with Gasteiger partial charge in [0.1, 0.15) is 5.76 Å². The van der Waals surface area contributed by atoms with Gasteiger partial charge in [-0.3, -0.25) is 4.79 Å². The van der Waals surface area contributed by atoms with Crippen molar-refractivity contribution in [1.82, 2.24) is 10.3 Å². The zero-order chi connectivity index (χ0) is 13.0. The molecule has 2 aromatic heterocycles. The van der Waals surface area contributed by atoms with Crippen LogP contribution in [0.1, 0.15) is 33.1 Å². The van der Waals surface area contributed by atoms with Crippen LogP contribution in [0.3, 0.4) is 0 Å². The lowest BCUT2D eigenvalue weighted by Crippen LogP contribution is -2.16. The van der Waals surface area contributed by atoms with Crippen LogP contribution in [0, 0.1) is 6.92 Å². The van der Waals surface area contributed by atoms with Crippen LogP contribution in [0.4, 0.5) is 0 Å². The van der Waals surface area contributed by atoms with Crippen LogP contribution in [-0.4, -0.2) is 17.3 Å². The molecule has 0 radical (unpaired) electrons. The van der Waals surface area contributed by atoms with Gasteiger partial charge in [0.05, 0.1) is 28.4 Å². The Morgan fingerprint density at radius 2 is 2.39 bits per heavy atom. The number of aryl methyl sites for hydroxylation is 1. The van der Waals surface area contributed by atoms with Gasteiger partial charge in [0.2, 0.25) is 0 Å². The van der Waals surface area contributed by atoms with E-state index in [-0.39, 0.29) is 5.78 Å². The molecule has 0 spiro atoms. The van der Waals surface area contributed by atoms with Gasteiger partial charge in [-0.15, -0.1) is 11.3 Å². The molecule has 0 bridgehead atoms. The number of rotatable bonds is 6. The predicted octanol–water partition coefficient (Wildman–Crippen LogP) is 2.58. The number of nitrogens with zero attached hydrogens (tertiary/aromatic N) is 1. The Balaban J connectivity index is 1.80. The zero-order valence-corrected chi connectivity index (χ0v) is 11.3. The molecular formula is C13H16N2O2S. The predicted molar refractivity (Wildman–Crippen MR) is 71.0 cm³/mol. The molecule has 0 fully saturated rings. The second-order valence-corrected chi connectivity index (χ2v) is 5.17. The fraction of sp³-hybridized carbons (Fsp3) is 0.385. The van der Waals surface area contributed by atoms with Crippen LogP contribution in [0.2, 0.25) is 0 Å². The van der Waals surface area contributed by atoms with E-state index < -0.39 is 0 Å². The average Bonchev–Trinajstić information content (AvgIpc) is 2.94. The van der Waals surface area contributed by atoms with Gasteiger partial charge in [0.25, 0.3) is 0 Å². The lowest BCUT2D eigenvalue weighted by Gasteiger charge is -1.99. The van der Waals surface area contributed by atoms with Crippen molar-refractivity contribution in [1.29, 1.82) is 0 Å². The normalized spacial score (nSPS) is 10.8. The lowest BCUT2D eigenvalue weighted by atomic mass is 10.3. The van der Waals surface area contributed by atoms with Gasteiger partial charge in [0.15, 0.2) is 5.78 Å². The van der Waals surface area contributed by atoms with Crippen LogP contribution in [-0.2, 0) is 13.0 Å². The first kappa shape index (κ1) is 13.0. The fourth-order valence-corrected chi connectivity index (χ4v) is 2.67. The smallest absolute Gasteiger partial charge is 0.171 e. The third kappa shape index (κ3) is 3.27. The Kier molecular flexibility index (Phi) is 4.28. The molecule has 0 aliphatic carbocycles. The molecule has 5 heteroatoms. The van der Waals surface area contributed by atoms with E-state index in [9.17, 15) is 4.79 Å². The molecule has 2 aromatic rings. The van der Waals surface area contributed by atoms with Gasteiger partial charge in [-0.1, -0.05) is 0 Å². The summed E-state index contributed by atoms with van der Waals surface area (Å²) in [7, 11) is 0. The Labute approximate surface area is 110 Å². The van der Waals surface area contributed by atoms with E-state index in [2.05, 4.69) is 10.3 Å². The van der Waals surface area contributed by atoms with Crippen molar-refractivity contribution in [2.45, 2.75) is 26.8 Å². The molecule has 0 atom stereocenters. The minimum absolute atomic E-state index is 0.0970. The Bertz CT molecular complexity index is 517. The average molecular weight is 264 g/mol. The first-order chi connectivity index (χ1) is 8.66. The molecule has 2 rings (SSSR count). The zero-order valence-electron chi connectivity index (χ0n) is 10.5. The summed E-state index contributed by atoms with van der Waals surface area (Å²) in [5.74, 6) is 1.02. The maximum absolute atomic E-state index is 11.3.